The number of ether oxygens (including phenoxy) is 1. The lowest BCUT2D eigenvalue weighted by Crippen LogP contribution is -1.98. The largest absolute Gasteiger partial charge is 0.463 e. The monoisotopic (exact) mass is 228 g/mol. The number of thiazole rings is 1. The van der Waals surface area contributed by atoms with Crippen molar-refractivity contribution in [2.75, 3.05) is 6.61 Å². The molecule has 15 heavy (non-hydrogen) atoms. The summed E-state index contributed by atoms with van der Waals surface area (Å²) in [5, 5.41) is 10.7. The van der Waals surface area contributed by atoms with Gasteiger partial charge in [0.2, 0.25) is 0 Å². The molecule has 0 saturated carbocycles. The first-order valence-corrected chi connectivity index (χ1v) is 4.90. The van der Waals surface area contributed by atoms with E-state index in [2.05, 4.69) is 9.72 Å². The second kappa shape index (κ2) is 5.20. The molecule has 0 unspecified atom stereocenters. The molecule has 0 aliphatic rings. The van der Waals surface area contributed by atoms with E-state index in [1.165, 1.54) is 12.2 Å². The Balaban J connectivity index is 2.64. The fraction of sp³-hybridized carbons (Fsp3) is 0.250. The van der Waals surface area contributed by atoms with Gasteiger partial charge in [-0.2, -0.15) is 0 Å². The summed E-state index contributed by atoms with van der Waals surface area (Å²) in [6.07, 6.45) is 3.72. The Labute approximate surface area is 89.4 Å². The number of hydrogen-bond donors (Lipinski definition) is 0. The van der Waals surface area contributed by atoms with Crippen molar-refractivity contribution in [1.82, 2.24) is 4.98 Å². The molecule has 0 spiro atoms. The molecule has 0 fully saturated rings. The summed E-state index contributed by atoms with van der Waals surface area (Å²) in [5.74, 6) is -0.490. The van der Waals surface area contributed by atoms with Gasteiger partial charge in [-0.3, -0.25) is 10.1 Å². The fourth-order valence-electron chi connectivity index (χ4n) is 0.770. The van der Waals surface area contributed by atoms with Gasteiger partial charge >= 0.3 is 11.0 Å². The SMILES string of the molecule is CCOC(=O)C=Cc1ncc([N+](=O)[O-])s1. The summed E-state index contributed by atoms with van der Waals surface area (Å²) < 4.78 is 4.64. The highest BCUT2D eigenvalue weighted by Gasteiger charge is 2.09. The highest BCUT2D eigenvalue weighted by molar-refractivity contribution is 7.15. The highest BCUT2D eigenvalue weighted by atomic mass is 32.1. The van der Waals surface area contributed by atoms with Crippen molar-refractivity contribution >= 4 is 28.4 Å². The van der Waals surface area contributed by atoms with Gasteiger partial charge < -0.3 is 4.74 Å². The van der Waals surface area contributed by atoms with E-state index in [0.29, 0.717) is 11.6 Å². The maximum absolute atomic E-state index is 10.9. The molecule has 0 atom stereocenters. The van der Waals surface area contributed by atoms with Crippen LogP contribution in [0, 0.1) is 10.1 Å². The molecular weight excluding hydrogens is 220 g/mol. The second-order valence-corrected chi connectivity index (χ2v) is 3.42. The predicted octanol–water partition coefficient (Wildman–Crippen LogP) is 1.63. The standard InChI is InChI=1S/C8H8N2O4S/c1-2-14-8(11)4-3-6-9-5-7(15-6)10(12)13/h3-5H,2H2,1H3. The zero-order chi connectivity index (χ0) is 11.3. The molecule has 0 aliphatic carbocycles. The molecule has 0 N–H and O–H groups in total. The van der Waals surface area contributed by atoms with E-state index in [4.69, 9.17) is 0 Å². The van der Waals surface area contributed by atoms with Crippen LogP contribution in [0.1, 0.15) is 11.9 Å². The number of nitrogens with zero attached hydrogens (tertiary/aromatic N) is 2. The van der Waals surface area contributed by atoms with Crippen LogP contribution in [0.2, 0.25) is 0 Å². The second-order valence-electron chi connectivity index (χ2n) is 2.38. The number of nitro groups is 1. The van der Waals surface area contributed by atoms with Crippen molar-refractivity contribution in [2.45, 2.75) is 6.92 Å². The van der Waals surface area contributed by atoms with Crippen LogP contribution in [-0.4, -0.2) is 22.5 Å². The number of carbonyl (C=O) groups excluding carboxylic acids is 1. The number of aromatic nitrogens is 1. The van der Waals surface area contributed by atoms with Gasteiger partial charge in [0.1, 0.15) is 11.2 Å². The molecular formula is C8H8N2O4S. The van der Waals surface area contributed by atoms with Crippen LogP contribution in [0.4, 0.5) is 5.00 Å². The molecule has 0 bridgehead atoms. The van der Waals surface area contributed by atoms with Crippen molar-refractivity contribution in [3.63, 3.8) is 0 Å². The van der Waals surface area contributed by atoms with Crippen LogP contribution in [0.25, 0.3) is 6.08 Å². The van der Waals surface area contributed by atoms with Crippen molar-refractivity contribution in [2.24, 2.45) is 0 Å². The van der Waals surface area contributed by atoms with Crippen LogP contribution in [0.5, 0.6) is 0 Å². The summed E-state index contributed by atoms with van der Waals surface area (Å²) in [6, 6.07) is 0. The van der Waals surface area contributed by atoms with Gasteiger partial charge in [0.05, 0.1) is 11.5 Å². The number of esters is 1. The van der Waals surface area contributed by atoms with Crippen LogP contribution >= 0.6 is 11.3 Å². The Kier molecular flexibility index (Phi) is 3.92. The normalized spacial score (nSPS) is 10.5. The highest BCUT2D eigenvalue weighted by Crippen LogP contribution is 2.21. The Morgan fingerprint density at radius 2 is 2.53 bits per heavy atom. The third kappa shape index (κ3) is 3.47. The first-order valence-electron chi connectivity index (χ1n) is 4.08. The van der Waals surface area contributed by atoms with Gasteiger partial charge in [-0.15, -0.1) is 0 Å². The minimum absolute atomic E-state index is 0.0569. The topological polar surface area (TPSA) is 82.3 Å². The van der Waals surface area contributed by atoms with Crippen molar-refractivity contribution in [3.8, 4) is 0 Å². The van der Waals surface area contributed by atoms with E-state index in [-0.39, 0.29) is 5.00 Å². The van der Waals surface area contributed by atoms with Gasteiger partial charge in [0, 0.05) is 6.08 Å². The average molecular weight is 228 g/mol. The van der Waals surface area contributed by atoms with Gasteiger partial charge in [-0.25, -0.2) is 9.78 Å². The van der Waals surface area contributed by atoms with E-state index in [1.807, 2.05) is 0 Å². The Morgan fingerprint density at radius 1 is 1.80 bits per heavy atom. The molecule has 7 heteroatoms. The third-order valence-corrected chi connectivity index (χ3v) is 2.25. The summed E-state index contributed by atoms with van der Waals surface area (Å²) in [6.45, 7) is 1.99. The van der Waals surface area contributed by atoms with Gasteiger partial charge in [-0.1, -0.05) is 0 Å². The van der Waals surface area contributed by atoms with Crippen LogP contribution in [0.15, 0.2) is 12.3 Å². The Bertz CT molecular complexity index is 399. The molecule has 0 radical (unpaired) electrons. The average Bonchev–Trinajstić information content (AvgIpc) is 2.63. The third-order valence-electron chi connectivity index (χ3n) is 1.34. The molecule has 1 heterocycles. The summed E-state index contributed by atoms with van der Waals surface area (Å²) in [5.41, 5.74) is 0. The van der Waals surface area contributed by atoms with Crippen LogP contribution in [0.3, 0.4) is 0 Å². The summed E-state index contributed by atoms with van der Waals surface area (Å²) in [7, 11) is 0. The molecule has 0 aromatic carbocycles. The minimum atomic E-state index is -0.528. The smallest absolute Gasteiger partial charge is 0.344 e. The van der Waals surface area contributed by atoms with E-state index in [9.17, 15) is 14.9 Å². The lowest BCUT2D eigenvalue weighted by atomic mass is 10.5. The first-order chi connectivity index (χ1) is 7.13. The van der Waals surface area contributed by atoms with Crippen molar-refractivity contribution in [1.29, 1.82) is 0 Å². The molecule has 6 nitrogen and oxygen atoms in total. The fourth-order valence-corrected chi connectivity index (χ4v) is 1.41. The first kappa shape index (κ1) is 11.3. The Morgan fingerprint density at radius 3 is 3.07 bits per heavy atom. The minimum Gasteiger partial charge on any atom is -0.463 e. The number of carbonyl (C=O) groups is 1. The molecule has 1 aromatic heterocycles. The van der Waals surface area contributed by atoms with Crippen molar-refractivity contribution in [3.05, 3.63) is 27.4 Å². The Hall–Kier alpha value is -1.76. The molecule has 1 rings (SSSR count). The molecule has 1 aromatic rings. The zero-order valence-electron chi connectivity index (χ0n) is 7.87. The van der Waals surface area contributed by atoms with Crippen LogP contribution < -0.4 is 0 Å². The molecule has 0 saturated heterocycles. The molecule has 0 aliphatic heterocycles. The predicted molar refractivity (Wildman–Crippen MR) is 54.4 cm³/mol. The van der Waals surface area contributed by atoms with Gasteiger partial charge in [0.15, 0.2) is 0 Å². The van der Waals surface area contributed by atoms with E-state index < -0.39 is 10.9 Å². The number of rotatable bonds is 4. The zero-order valence-corrected chi connectivity index (χ0v) is 8.69. The van der Waals surface area contributed by atoms with E-state index >= 15 is 0 Å². The summed E-state index contributed by atoms with van der Waals surface area (Å²) in [4.78, 5) is 24.4. The van der Waals surface area contributed by atoms with E-state index in [1.54, 1.807) is 6.92 Å². The van der Waals surface area contributed by atoms with Gasteiger partial charge in [0.25, 0.3) is 0 Å². The van der Waals surface area contributed by atoms with Crippen molar-refractivity contribution < 1.29 is 14.5 Å². The number of hydrogen-bond acceptors (Lipinski definition) is 6. The van der Waals surface area contributed by atoms with Gasteiger partial charge in [-0.05, 0) is 24.3 Å². The van der Waals surface area contributed by atoms with E-state index in [0.717, 1.165) is 17.5 Å². The van der Waals surface area contributed by atoms with Crippen LogP contribution in [-0.2, 0) is 9.53 Å². The summed E-state index contributed by atoms with van der Waals surface area (Å²) >= 11 is 0.896. The lowest BCUT2D eigenvalue weighted by Gasteiger charge is -1.92. The quantitative estimate of drug-likeness (QED) is 0.338. The molecule has 80 valence electrons. The maximum Gasteiger partial charge on any atom is 0.344 e. The maximum atomic E-state index is 10.9. The lowest BCUT2D eigenvalue weighted by molar-refractivity contribution is -0.380. The molecule has 0 amide bonds.